The van der Waals surface area contributed by atoms with E-state index in [0.29, 0.717) is 0 Å². The molecule has 142 valence electrons. The van der Waals surface area contributed by atoms with E-state index >= 15 is 0 Å². The summed E-state index contributed by atoms with van der Waals surface area (Å²) in [5.41, 5.74) is 0. The zero-order chi connectivity index (χ0) is 18.7. The third-order valence-electron chi connectivity index (χ3n) is 3.59. The van der Waals surface area contributed by atoms with Gasteiger partial charge in [-0.05, 0) is 12.8 Å². The number of nitrogens with zero attached hydrogens (tertiary/aromatic N) is 3. The van der Waals surface area contributed by atoms with Crippen molar-refractivity contribution in [2.45, 2.75) is 56.6 Å². The van der Waals surface area contributed by atoms with Gasteiger partial charge in [0.2, 0.25) is 11.9 Å². The van der Waals surface area contributed by atoms with Gasteiger partial charge in [0, 0.05) is 13.1 Å². The van der Waals surface area contributed by atoms with Crippen LogP contribution in [0.15, 0.2) is 0 Å². The van der Waals surface area contributed by atoms with Crippen LogP contribution in [0.3, 0.4) is 0 Å². The highest BCUT2D eigenvalue weighted by Crippen LogP contribution is 2.36. The van der Waals surface area contributed by atoms with Crippen molar-refractivity contribution in [1.82, 2.24) is 15.0 Å². The summed E-state index contributed by atoms with van der Waals surface area (Å²) in [5.74, 6) is -0.337. The highest BCUT2D eigenvalue weighted by molar-refractivity contribution is 5.36. The summed E-state index contributed by atoms with van der Waals surface area (Å²) in [6.07, 6.45) is -10.7. The van der Waals surface area contributed by atoms with Crippen LogP contribution in [0.2, 0.25) is 0 Å². The lowest BCUT2D eigenvalue weighted by Crippen LogP contribution is -2.47. The molecule has 2 rings (SSSR count). The van der Waals surface area contributed by atoms with Crippen molar-refractivity contribution in [1.29, 1.82) is 0 Å². The molecule has 0 aromatic carbocycles. The molecule has 1 aromatic rings. The molecule has 0 spiro atoms. The van der Waals surface area contributed by atoms with Crippen molar-refractivity contribution in [2.24, 2.45) is 0 Å². The van der Waals surface area contributed by atoms with E-state index in [9.17, 15) is 26.3 Å². The minimum Gasteiger partial charge on any atom is -0.440 e. The minimum absolute atomic E-state index is 0.00487. The SMILES string of the molecule is CNc1nc(NC2CCCCC2)nc(OC(C(F)(F)F)C(F)(F)F)n1. The van der Waals surface area contributed by atoms with Gasteiger partial charge in [0.1, 0.15) is 0 Å². The number of hydrogen-bond acceptors (Lipinski definition) is 6. The Balaban J connectivity index is 2.22. The number of hydrogen-bond donors (Lipinski definition) is 2. The lowest BCUT2D eigenvalue weighted by atomic mass is 9.96. The summed E-state index contributed by atoms with van der Waals surface area (Å²) in [5, 5.41) is 5.35. The van der Waals surface area contributed by atoms with Crippen molar-refractivity contribution in [3.63, 3.8) is 0 Å². The van der Waals surface area contributed by atoms with Gasteiger partial charge < -0.3 is 15.4 Å². The van der Waals surface area contributed by atoms with Crippen LogP contribution in [0.4, 0.5) is 38.2 Å². The second kappa shape index (κ2) is 7.48. The number of alkyl halides is 6. The largest absolute Gasteiger partial charge is 0.440 e. The third-order valence-corrected chi connectivity index (χ3v) is 3.59. The van der Waals surface area contributed by atoms with E-state index in [1.54, 1.807) is 0 Å². The van der Waals surface area contributed by atoms with E-state index in [0.717, 1.165) is 32.1 Å². The summed E-state index contributed by atoms with van der Waals surface area (Å²) in [4.78, 5) is 10.9. The Labute approximate surface area is 139 Å². The average molecular weight is 373 g/mol. The first-order valence-corrected chi connectivity index (χ1v) is 7.60. The molecule has 0 bridgehead atoms. The van der Waals surface area contributed by atoms with Crippen LogP contribution >= 0.6 is 0 Å². The van der Waals surface area contributed by atoms with Gasteiger partial charge >= 0.3 is 18.4 Å². The second-order valence-corrected chi connectivity index (χ2v) is 5.58. The molecule has 25 heavy (non-hydrogen) atoms. The van der Waals surface area contributed by atoms with Crippen LogP contribution < -0.4 is 15.4 Å². The summed E-state index contributed by atoms with van der Waals surface area (Å²) < 4.78 is 79.7. The van der Waals surface area contributed by atoms with Crippen molar-refractivity contribution < 1.29 is 31.1 Å². The Morgan fingerprint density at radius 2 is 1.48 bits per heavy atom. The maximum Gasteiger partial charge on any atom is 0.434 e. The van der Waals surface area contributed by atoms with E-state index in [-0.39, 0.29) is 17.9 Å². The number of halogens is 6. The molecule has 12 heteroatoms. The van der Waals surface area contributed by atoms with Gasteiger partial charge in [-0.15, -0.1) is 0 Å². The zero-order valence-corrected chi connectivity index (χ0v) is 13.2. The molecule has 0 atom stereocenters. The highest BCUT2D eigenvalue weighted by atomic mass is 19.4. The molecule has 1 fully saturated rings. The van der Waals surface area contributed by atoms with Crippen molar-refractivity contribution >= 4 is 11.9 Å². The highest BCUT2D eigenvalue weighted by Gasteiger charge is 2.59. The summed E-state index contributed by atoms with van der Waals surface area (Å²) in [6.45, 7) is 0. The number of ether oxygens (including phenoxy) is 1. The zero-order valence-electron chi connectivity index (χ0n) is 13.2. The first-order valence-electron chi connectivity index (χ1n) is 7.60. The molecule has 6 nitrogen and oxygen atoms in total. The third kappa shape index (κ3) is 5.49. The summed E-state index contributed by atoms with van der Waals surface area (Å²) in [7, 11) is 1.37. The normalized spacial score (nSPS) is 16.8. The lowest BCUT2D eigenvalue weighted by Gasteiger charge is -2.24. The molecular weight excluding hydrogens is 356 g/mol. The molecule has 0 amide bonds. The van der Waals surface area contributed by atoms with E-state index in [1.165, 1.54) is 7.05 Å². The van der Waals surface area contributed by atoms with Crippen molar-refractivity contribution in [3.05, 3.63) is 0 Å². The molecule has 0 saturated heterocycles. The molecule has 0 radical (unpaired) electrons. The molecule has 1 saturated carbocycles. The van der Waals surface area contributed by atoms with Crippen LogP contribution in [-0.4, -0.2) is 46.5 Å². The molecule has 0 unspecified atom stereocenters. The second-order valence-electron chi connectivity index (χ2n) is 5.58. The van der Waals surface area contributed by atoms with E-state index in [1.807, 2.05) is 0 Å². The first-order chi connectivity index (χ1) is 11.6. The molecular formula is C13H17F6N5O. The number of aromatic nitrogens is 3. The van der Waals surface area contributed by atoms with Crippen molar-refractivity contribution in [2.75, 3.05) is 17.7 Å². The number of anilines is 2. The fourth-order valence-electron chi connectivity index (χ4n) is 2.44. The van der Waals surface area contributed by atoms with Crippen LogP contribution in [-0.2, 0) is 0 Å². The Bertz CT molecular complexity index is 559. The Kier molecular flexibility index (Phi) is 5.78. The van der Waals surface area contributed by atoms with E-state index in [4.69, 9.17) is 0 Å². The van der Waals surface area contributed by atoms with Gasteiger partial charge in [-0.25, -0.2) is 0 Å². The summed E-state index contributed by atoms with van der Waals surface area (Å²) >= 11 is 0. The smallest absolute Gasteiger partial charge is 0.434 e. The van der Waals surface area contributed by atoms with Gasteiger partial charge in [0.25, 0.3) is 6.10 Å². The topological polar surface area (TPSA) is 72.0 Å². The number of rotatable bonds is 5. The van der Waals surface area contributed by atoms with Gasteiger partial charge in [-0.2, -0.15) is 41.3 Å². The quantitative estimate of drug-likeness (QED) is 0.770. The maximum absolute atomic E-state index is 12.6. The monoisotopic (exact) mass is 373 g/mol. The van der Waals surface area contributed by atoms with E-state index < -0.39 is 24.5 Å². The number of nitrogens with one attached hydrogen (secondary N) is 2. The van der Waals surface area contributed by atoms with E-state index in [2.05, 4.69) is 30.3 Å². The maximum atomic E-state index is 12.6. The standard InChI is InChI=1S/C13H17F6N5O/c1-20-9-22-10(21-7-5-3-2-4-6-7)24-11(23-9)25-8(12(14,15)16)13(17,18)19/h7-8H,2-6H2,1H3,(H2,20,21,22,23,24). The van der Waals surface area contributed by atoms with Gasteiger partial charge in [-0.1, -0.05) is 19.3 Å². The van der Waals surface area contributed by atoms with Crippen LogP contribution in [0.25, 0.3) is 0 Å². The predicted octanol–water partition coefficient (Wildman–Crippen LogP) is 3.53. The Hall–Kier alpha value is -2.01. The fourth-order valence-corrected chi connectivity index (χ4v) is 2.44. The van der Waals surface area contributed by atoms with Gasteiger partial charge in [0.05, 0.1) is 0 Å². The van der Waals surface area contributed by atoms with Gasteiger partial charge in [0.15, 0.2) is 0 Å². The van der Waals surface area contributed by atoms with Crippen LogP contribution in [0, 0.1) is 0 Å². The Morgan fingerprint density at radius 3 is 2.00 bits per heavy atom. The molecule has 2 N–H and O–H groups in total. The minimum atomic E-state index is -5.65. The molecule has 0 aliphatic heterocycles. The first kappa shape index (κ1) is 19.3. The summed E-state index contributed by atoms with van der Waals surface area (Å²) in [6, 6.07) is -1.06. The van der Waals surface area contributed by atoms with Gasteiger partial charge in [-0.3, -0.25) is 0 Å². The fraction of sp³-hybridized carbons (Fsp3) is 0.769. The molecule has 1 aliphatic carbocycles. The van der Waals surface area contributed by atoms with Crippen molar-refractivity contribution in [3.8, 4) is 6.01 Å². The molecule has 1 aromatic heterocycles. The molecule has 1 heterocycles. The predicted molar refractivity (Wildman–Crippen MR) is 76.4 cm³/mol. The van der Waals surface area contributed by atoms with Crippen LogP contribution in [0.1, 0.15) is 32.1 Å². The van der Waals surface area contributed by atoms with Crippen LogP contribution in [0.5, 0.6) is 6.01 Å². The Morgan fingerprint density at radius 1 is 0.920 bits per heavy atom. The lowest BCUT2D eigenvalue weighted by molar-refractivity contribution is -0.301. The average Bonchev–Trinajstić information content (AvgIpc) is 2.51. The molecule has 1 aliphatic rings.